The van der Waals surface area contributed by atoms with Crippen molar-refractivity contribution < 1.29 is 9.50 Å². The minimum absolute atomic E-state index is 0.169. The highest BCUT2D eigenvalue weighted by atomic mass is 32.1. The molecule has 1 fully saturated rings. The monoisotopic (exact) mass is 458 g/mol. The van der Waals surface area contributed by atoms with E-state index in [0.29, 0.717) is 5.11 Å². The number of phenolic OH excluding ortho intramolecular Hbond substituents is 1. The van der Waals surface area contributed by atoms with Gasteiger partial charge >= 0.3 is 0 Å². The lowest BCUT2D eigenvalue weighted by molar-refractivity contribution is 0.475. The van der Waals surface area contributed by atoms with Crippen molar-refractivity contribution in [2.75, 3.05) is 4.90 Å². The van der Waals surface area contributed by atoms with Crippen LogP contribution < -0.4 is 10.2 Å². The molecule has 166 valence electrons. The Hall–Kier alpha value is -3.71. The van der Waals surface area contributed by atoms with Gasteiger partial charge in [0.1, 0.15) is 11.6 Å². The molecule has 0 amide bonds. The lowest BCUT2D eigenvalue weighted by Crippen LogP contribution is -2.29. The van der Waals surface area contributed by atoms with Crippen molar-refractivity contribution in [2.45, 2.75) is 25.9 Å². The van der Waals surface area contributed by atoms with Gasteiger partial charge in [-0.2, -0.15) is 0 Å². The van der Waals surface area contributed by atoms with E-state index in [0.717, 1.165) is 34.0 Å². The van der Waals surface area contributed by atoms with Crippen LogP contribution in [0.15, 0.2) is 79.0 Å². The first-order valence-corrected chi connectivity index (χ1v) is 11.1. The Kier molecular flexibility index (Phi) is 5.34. The zero-order valence-electron chi connectivity index (χ0n) is 18.2. The van der Waals surface area contributed by atoms with Crippen LogP contribution in [0.4, 0.5) is 10.1 Å². The summed E-state index contributed by atoms with van der Waals surface area (Å²) in [6.07, 6.45) is 1.78. The van der Waals surface area contributed by atoms with Gasteiger partial charge in [0.15, 0.2) is 5.11 Å². The van der Waals surface area contributed by atoms with Crippen molar-refractivity contribution in [1.82, 2.24) is 14.9 Å². The van der Waals surface area contributed by atoms with Gasteiger partial charge in [0.05, 0.1) is 17.8 Å². The maximum atomic E-state index is 13.5. The first-order valence-electron chi connectivity index (χ1n) is 10.7. The number of nitrogens with zero attached hydrogens (tertiary/aromatic N) is 3. The number of aromatic hydroxyl groups is 1. The van der Waals surface area contributed by atoms with Crippen LogP contribution in [-0.4, -0.2) is 19.8 Å². The number of hydrogen-bond donors (Lipinski definition) is 2. The van der Waals surface area contributed by atoms with Crippen LogP contribution in [0.2, 0.25) is 0 Å². The molecule has 1 aliphatic heterocycles. The molecule has 0 unspecified atom stereocenters. The van der Waals surface area contributed by atoms with Crippen molar-refractivity contribution in [1.29, 1.82) is 0 Å². The third-order valence-corrected chi connectivity index (χ3v) is 6.41. The highest BCUT2D eigenvalue weighted by molar-refractivity contribution is 7.80. The highest BCUT2D eigenvalue weighted by Crippen LogP contribution is 2.43. The molecule has 3 heterocycles. The Morgan fingerprint density at radius 3 is 2.33 bits per heavy atom. The summed E-state index contributed by atoms with van der Waals surface area (Å²) in [6.45, 7) is 4.11. The summed E-state index contributed by atoms with van der Waals surface area (Å²) < 4.78 is 15.7. The molecule has 2 aromatic carbocycles. The van der Waals surface area contributed by atoms with Crippen LogP contribution in [0.3, 0.4) is 0 Å². The molecule has 33 heavy (non-hydrogen) atoms. The zero-order valence-corrected chi connectivity index (χ0v) is 19.1. The number of aryl methyl sites for hydroxylation is 1. The molecule has 0 saturated carbocycles. The van der Waals surface area contributed by atoms with Crippen molar-refractivity contribution in [3.8, 4) is 11.4 Å². The Morgan fingerprint density at radius 2 is 1.67 bits per heavy atom. The van der Waals surface area contributed by atoms with Crippen molar-refractivity contribution in [2.24, 2.45) is 0 Å². The maximum Gasteiger partial charge on any atom is 0.174 e. The fourth-order valence-corrected chi connectivity index (χ4v) is 4.98. The summed E-state index contributed by atoms with van der Waals surface area (Å²) >= 11 is 5.78. The molecule has 1 aliphatic rings. The number of pyridine rings is 1. The van der Waals surface area contributed by atoms with Gasteiger partial charge in [0.25, 0.3) is 0 Å². The zero-order chi connectivity index (χ0) is 23.1. The third kappa shape index (κ3) is 3.74. The molecule has 1 saturated heterocycles. The number of rotatable bonds is 4. The van der Waals surface area contributed by atoms with E-state index in [9.17, 15) is 9.50 Å². The van der Waals surface area contributed by atoms with Crippen molar-refractivity contribution in [3.63, 3.8) is 0 Å². The largest absolute Gasteiger partial charge is 0.508 e. The predicted octanol–water partition coefficient (Wildman–Crippen LogP) is 5.51. The van der Waals surface area contributed by atoms with Gasteiger partial charge in [-0.05, 0) is 98.4 Å². The van der Waals surface area contributed by atoms with Crippen molar-refractivity contribution >= 4 is 23.0 Å². The summed E-state index contributed by atoms with van der Waals surface area (Å²) in [4.78, 5) is 6.68. The fourth-order valence-electron chi connectivity index (χ4n) is 4.64. The molecule has 0 spiro atoms. The second-order valence-corrected chi connectivity index (χ2v) is 8.54. The van der Waals surface area contributed by atoms with Gasteiger partial charge in [-0.25, -0.2) is 4.39 Å². The second-order valence-electron chi connectivity index (χ2n) is 8.15. The summed E-state index contributed by atoms with van der Waals surface area (Å²) in [5.74, 6) is -0.0652. The molecular weight excluding hydrogens is 435 g/mol. The first-order chi connectivity index (χ1) is 15.9. The molecule has 5 nitrogen and oxygen atoms in total. The molecule has 2 atom stereocenters. The summed E-state index contributed by atoms with van der Waals surface area (Å²) in [5, 5.41) is 13.8. The van der Waals surface area contributed by atoms with Crippen molar-refractivity contribution in [3.05, 3.63) is 107 Å². The van der Waals surface area contributed by atoms with E-state index in [1.54, 1.807) is 30.5 Å². The van der Waals surface area contributed by atoms with Gasteiger partial charge in [-0.1, -0.05) is 6.07 Å². The van der Waals surface area contributed by atoms with E-state index in [1.807, 2.05) is 37.3 Å². The fraction of sp³-hybridized carbons (Fsp3) is 0.154. The lowest BCUT2D eigenvalue weighted by Gasteiger charge is -2.28. The molecule has 0 aliphatic carbocycles. The highest BCUT2D eigenvalue weighted by Gasteiger charge is 2.42. The number of thiocarbonyl (C=S) groups is 1. The Balaban J connectivity index is 1.67. The maximum absolute atomic E-state index is 13.5. The van der Waals surface area contributed by atoms with Gasteiger partial charge in [0, 0.05) is 29.0 Å². The van der Waals surface area contributed by atoms with Gasteiger partial charge < -0.3 is 19.9 Å². The Bertz CT molecular complexity index is 1300. The van der Waals surface area contributed by atoms with E-state index < -0.39 is 0 Å². The topological polar surface area (TPSA) is 53.3 Å². The van der Waals surface area contributed by atoms with Crippen LogP contribution in [0, 0.1) is 19.7 Å². The molecule has 4 aromatic rings. The molecule has 0 bridgehead atoms. The number of halogens is 1. The average molecular weight is 459 g/mol. The molecule has 2 aromatic heterocycles. The number of hydrogen-bond acceptors (Lipinski definition) is 3. The van der Waals surface area contributed by atoms with Crippen LogP contribution >= 0.6 is 12.2 Å². The third-order valence-electron chi connectivity index (χ3n) is 6.10. The summed E-state index contributed by atoms with van der Waals surface area (Å²) in [5.41, 5.74) is 5.83. The normalized spacial score (nSPS) is 17.9. The number of anilines is 1. The first kappa shape index (κ1) is 21.2. The van der Waals surface area contributed by atoms with Crippen LogP contribution in [-0.2, 0) is 0 Å². The molecule has 2 N–H and O–H groups in total. The smallest absolute Gasteiger partial charge is 0.174 e. The van der Waals surface area contributed by atoms with Crippen LogP contribution in [0.1, 0.15) is 34.7 Å². The second kappa shape index (κ2) is 8.33. The van der Waals surface area contributed by atoms with E-state index in [1.165, 1.54) is 12.1 Å². The number of phenols is 1. The minimum Gasteiger partial charge on any atom is -0.508 e. The predicted molar refractivity (Wildman–Crippen MR) is 131 cm³/mol. The summed E-state index contributed by atoms with van der Waals surface area (Å²) in [6, 6.07) is 21.2. The molecule has 5 rings (SSSR count). The summed E-state index contributed by atoms with van der Waals surface area (Å²) in [7, 11) is 0. The lowest BCUT2D eigenvalue weighted by atomic mass is 9.96. The van der Waals surface area contributed by atoms with Crippen LogP contribution in [0.5, 0.6) is 5.75 Å². The number of nitrogens with one attached hydrogen (secondary N) is 1. The van der Waals surface area contributed by atoms with Gasteiger partial charge in [0.2, 0.25) is 0 Å². The Morgan fingerprint density at radius 1 is 0.970 bits per heavy atom. The van der Waals surface area contributed by atoms with Gasteiger partial charge in [-0.3, -0.25) is 4.98 Å². The van der Waals surface area contributed by atoms with E-state index in [-0.39, 0.29) is 23.7 Å². The van der Waals surface area contributed by atoms with E-state index >= 15 is 0 Å². The standard InChI is InChI=1S/C26H23FN4OS/c1-16-15-22(17(2)30(16)19-8-6-18(27)7-9-19)25-24(23-5-3-4-14-28-23)29-26(33)31(25)20-10-12-21(32)13-11-20/h3-15,24-25,32H,1-2H3,(H,29,33)/t24-,25+/m0/s1. The van der Waals surface area contributed by atoms with Gasteiger partial charge in [-0.15, -0.1) is 0 Å². The number of aromatic nitrogens is 2. The molecule has 7 heteroatoms. The average Bonchev–Trinajstić information content (AvgIpc) is 3.31. The number of benzene rings is 2. The Labute approximate surface area is 197 Å². The quantitative estimate of drug-likeness (QED) is 0.395. The molecular formula is C26H23FN4OS. The van der Waals surface area contributed by atoms with E-state index in [2.05, 4.69) is 32.8 Å². The SMILES string of the molecule is Cc1cc([C@@H]2[C@H](c3ccccn3)NC(=S)N2c2ccc(O)cc2)c(C)n1-c1ccc(F)cc1. The minimum atomic E-state index is -0.263. The molecule has 0 radical (unpaired) electrons. The van der Waals surface area contributed by atoms with E-state index in [4.69, 9.17) is 12.2 Å². The van der Waals surface area contributed by atoms with Crippen LogP contribution in [0.25, 0.3) is 5.69 Å².